The van der Waals surface area contributed by atoms with E-state index in [9.17, 15) is 21.6 Å². The number of anilines is 1. The third-order valence-corrected chi connectivity index (χ3v) is 4.35. The number of benzene rings is 1. The summed E-state index contributed by atoms with van der Waals surface area (Å²) in [6, 6.07) is 4.66. The number of para-hydroxylation sites is 1. The predicted octanol–water partition coefficient (Wildman–Crippen LogP) is 2.77. The molecule has 0 bridgehead atoms. The molecule has 0 aliphatic carbocycles. The van der Waals surface area contributed by atoms with Gasteiger partial charge >= 0.3 is 5.51 Å². The van der Waals surface area contributed by atoms with Crippen molar-refractivity contribution in [1.29, 1.82) is 0 Å². The number of nitrogens with two attached hydrogens (primary N) is 1. The van der Waals surface area contributed by atoms with Gasteiger partial charge in [0.15, 0.2) is 0 Å². The molecule has 4 nitrogen and oxygen atoms in total. The fourth-order valence-corrected chi connectivity index (χ4v) is 2.84. The molecule has 0 aromatic heterocycles. The highest BCUT2D eigenvalue weighted by Gasteiger charge is 2.47. The van der Waals surface area contributed by atoms with Gasteiger partial charge in [0.25, 0.3) is 9.84 Å². The third kappa shape index (κ3) is 4.60. The van der Waals surface area contributed by atoms with E-state index in [1.54, 1.807) is 0 Å². The largest absolute Gasteiger partial charge is 0.501 e. The summed E-state index contributed by atoms with van der Waals surface area (Å²) in [4.78, 5) is -0.783. The van der Waals surface area contributed by atoms with Gasteiger partial charge in [0.2, 0.25) is 0 Å². The molecule has 1 rings (SSSR count). The summed E-state index contributed by atoms with van der Waals surface area (Å²) in [5.41, 5.74) is 0.416. The van der Waals surface area contributed by atoms with Crippen molar-refractivity contribution >= 4 is 15.5 Å². The second-order valence-corrected chi connectivity index (χ2v) is 7.13. The normalized spacial score (nSPS) is 14.2. The lowest BCUT2D eigenvalue weighted by atomic mass is 10.0. The third-order valence-electron chi connectivity index (χ3n) is 2.81. The first-order valence-corrected chi connectivity index (χ1v) is 7.94. The number of halogens is 3. The molecule has 3 N–H and O–H groups in total. The summed E-state index contributed by atoms with van der Waals surface area (Å²) in [6.45, 7) is 4.15. The van der Waals surface area contributed by atoms with E-state index in [0.29, 0.717) is 12.3 Å². The van der Waals surface area contributed by atoms with Crippen molar-refractivity contribution in [2.24, 2.45) is 11.7 Å². The lowest BCUT2D eigenvalue weighted by Gasteiger charge is -2.18. The summed E-state index contributed by atoms with van der Waals surface area (Å²) < 4.78 is 60.9. The highest BCUT2D eigenvalue weighted by atomic mass is 32.2. The van der Waals surface area contributed by atoms with Crippen molar-refractivity contribution in [1.82, 2.24) is 0 Å². The minimum atomic E-state index is -5.38. The molecule has 21 heavy (non-hydrogen) atoms. The molecule has 0 fully saturated rings. The molecule has 0 radical (unpaired) electrons. The molecule has 1 aromatic rings. The van der Waals surface area contributed by atoms with Gasteiger partial charge in [0.05, 0.1) is 10.6 Å². The molecule has 0 aliphatic rings. The molecule has 120 valence electrons. The smallest absolute Gasteiger partial charge is 0.382 e. The maximum atomic E-state index is 12.6. The summed E-state index contributed by atoms with van der Waals surface area (Å²) in [5, 5.41) is 2.69. The van der Waals surface area contributed by atoms with Crippen LogP contribution in [0, 0.1) is 5.92 Å². The molecule has 1 aromatic carbocycles. The molecular weight excluding hydrogens is 305 g/mol. The van der Waals surface area contributed by atoms with Crippen LogP contribution in [0.5, 0.6) is 0 Å². The summed E-state index contributed by atoms with van der Waals surface area (Å²) in [5.74, 6) is 0.343. The molecule has 0 spiro atoms. The van der Waals surface area contributed by atoms with Crippen LogP contribution in [-0.2, 0) is 9.84 Å². The minimum absolute atomic E-state index is 0.0889. The average Bonchev–Trinajstić information content (AvgIpc) is 2.34. The number of hydrogen-bond acceptors (Lipinski definition) is 4. The molecule has 0 saturated heterocycles. The van der Waals surface area contributed by atoms with E-state index in [1.165, 1.54) is 18.2 Å². The van der Waals surface area contributed by atoms with Gasteiger partial charge < -0.3 is 11.1 Å². The Bertz CT molecular complexity index is 571. The molecule has 8 heteroatoms. The first-order chi connectivity index (χ1) is 9.55. The van der Waals surface area contributed by atoms with E-state index in [2.05, 4.69) is 5.32 Å². The van der Waals surface area contributed by atoms with Crippen LogP contribution in [0.1, 0.15) is 20.3 Å². The van der Waals surface area contributed by atoms with Gasteiger partial charge in [0, 0.05) is 12.6 Å². The van der Waals surface area contributed by atoms with E-state index < -0.39 is 20.2 Å². The molecule has 0 amide bonds. The van der Waals surface area contributed by atoms with Crippen LogP contribution < -0.4 is 11.1 Å². The molecule has 1 unspecified atom stereocenters. The quantitative estimate of drug-likeness (QED) is 0.844. The van der Waals surface area contributed by atoms with E-state index >= 15 is 0 Å². The van der Waals surface area contributed by atoms with E-state index in [-0.39, 0.29) is 18.3 Å². The van der Waals surface area contributed by atoms with Crippen LogP contribution in [0.25, 0.3) is 0 Å². The van der Waals surface area contributed by atoms with Crippen molar-refractivity contribution in [2.75, 3.05) is 11.9 Å². The fourth-order valence-electron chi connectivity index (χ4n) is 1.90. The summed E-state index contributed by atoms with van der Waals surface area (Å²) in [6.07, 6.45) is 0.682. The Hall–Kier alpha value is -1.28. The van der Waals surface area contributed by atoms with Crippen molar-refractivity contribution in [2.45, 2.75) is 36.7 Å². The van der Waals surface area contributed by atoms with Gasteiger partial charge in [-0.05, 0) is 24.5 Å². The van der Waals surface area contributed by atoms with E-state index in [4.69, 9.17) is 5.73 Å². The second kappa shape index (κ2) is 6.65. The zero-order chi connectivity index (χ0) is 16.3. The SMILES string of the molecule is CC(C)CC(N)CNc1ccccc1S(=O)(=O)C(F)(F)F. The topological polar surface area (TPSA) is 72.2 Å². The molecule has 0 heterocycles. The van der Waals surface area contributed by atoms with Crippen molar-refractivity contribution in [3.8, 4) is 0 Å². The summed E-state index contributed by atoms with van der Waals surface area (Å²) in [7, 11) is -5.38. The van der Waals surface area contributed by atoms with E-state index in [0.717, 1.165) is 6.07 Å². The van der Waals surface area contributed by atoms with Gasteiger partial charge in [-0.15, -0.1) is 0 Å². The van der Waals surface area contributed by atoms with Crippen LogP contribution in [0.2, 0.25) is 0 Å². The Morgan fingerprint density at radius 1 is 1.24 bits per heavy atom. The van der Waals surface area contributed by atoms with Crippen molar-refractivity contribution < 1.29 is 21.6 Å². The van der Waals surface area contributed by atoms with Gasteiger partial charge in [-0.3, -0.25) is 0 Å². The molecule has 0 aliphatic heterocycles. The Morgan fingerprint density at radius 2 is 1.81 bits per heavy atom. The van der Waals surface area contributed by atoms with E-state index in [1.807, 2.05) is 13.8 Å². The monoisotopic (exact) mass is 324 g/mol. The van der Waals surface area contributed by atoms with Gasteiger partial charge in [-0.1, -0.05) is 26.0 Å². The minimum Gasteiger partial charge on any atom is -0.382 e. The predicted molar refractivity (Wildman–Crippen MR) is 75.6 cm³/mol. The van der Waals surface area contributed by atoms with Crippen molar-refractivity contribution in [3.63, 3.8) is 0 Å². The highest BCUT2D eigenvalue weighted by Crippen LogP contribution is 2.34. The second-order valence-electron chi connectivity index (χ2n) is 5.22. The summed E-state index contributed by atoms with van der Waals surface area (Å²) >= 11 is 0. The Balaban J connectivity index is 2.96. The van der Waals surface area contributed by atoms with Gasteiger partial charge in [-0.2, -0.15) is 13.2 Å². The average molecular weight is 324 g/mol. The molecule has 1 atom stereocenters. The number of sulfone groups is 1. The lowest BCUT2D eigenvalue weighted by molar-refractivity contribution is -0.0435. The highest BCUT2D eigenvalue weighted by molar-refractivity contribution is 7.92. The number of alkyl halides is 3. The Kier molecular flexibility index (Phi) is 5.63. The zero-order valence-electron chi connectivity index (χ0n) is 11.8. The lowest BCUT2D eigenvalue weighted by Crippen LogP contribution is -2.31. The van der Waals surface area contributed by atoms with Gasteiger partial charge in [-0.25, -0.2) is 8.42 Å². The van der Waals surface area contributed by atoms with Crippen LogP contribution in [0.15, 0.2) is 29.2 Å². The molecule has 0 saturated carbocycles. The maximum absolute atomic E-state index is 12.6. The Morgan fingerprint density at radius 3 is 2.33 bits per heavy atom. The van der Waals surface area contributed by atoms with Gasteiger partial charge in [0.1, 0.15) is 0 Å². The fraction of sp³-hybridized carbons (Fsp3) is 0.538. The van der Waals surface area contributed by atoms with Crippen LogP contribution >= 0.6 is 0 Å². The number of rotatable bonds is 6. The molecular formula is C13H19F3N2O2S. The Labute approximate surface area is 122 Å². The zero-order valence-corrected chi connectivity index (χ0v) is 12.6. The van der Waals surface area contributed by atoms with Crippen molar-refractivity contribution in [3.05, 3.63) is 24.3 Å². The number of nitrogens with one attached hydrogen (secondary N) is 1. The first-order valence-electron chi connectivity index (χ1n) is 6.45. The van der Waals surface area contributed by atoms with Crippen LogP contribution in [-0.4, -0.2) is 26.5 Å². The van der Waals surface area contributed by atoms with Crippen LogP contribution in [0.3, 0.4) is 0 Å². The number of hydrogen-bond donors (Lipinski definition) is 2. The standard InChI is InChI=1S/C13H19F3N2O2S/c1-9(2)7-10(17)8-18-11-5-3-4-6-12(11)21(19,20)13(14,15)16/h3-6,9-10,18H,7-8,17H2,1-2H3. The first kappa shape index (κ1) is 17.8. The maximum Gasteiger partial charge on any atom is 0.501 e. The van der Waals surface area contributed by atoms with Crippen LogP contribution in [0.4, 0.5) is 18.9 Å².